The van der Waals surface area contributed by atoms with Gasteiger partial charge in [-0.1, -0.05) is 40.5 Å². The molecule has 0 aliphatic carbocycles. The van der Waals surface area contributed by atoms with Crippen LogP contribution in [0.3, 0.4) is 0 Å². The first kappa shape index (κ1) is 18.2. The highest BCUT2D eigenvalue weighted by molar-refractivity contribution is 5.79. The van der Waals surface area contributed by atoms with Crippen molar-refractivity contribution in [2.45, 2.75) is 32.7 Å². The predicted octanol–water partition coefficient (Wildman–Crippen LogP) is 3.88. The fourth-order valence-corrected chi connectivity index (χ4v) is 3.75. The topological polar surface area (TPSA) is 68.5 Å². The third kappa shape index (κ3) is 3.63. The van der Waals surface area contributed by atoms with Crippen LogP contribution in [0.2, 0.25) is 0 Å². The van der Waals surface area contributed by atoms with Gasteiger partial charge in [-0.25, -0.2) is 0 Å². The molecular weight excluding hydrogens is 354 g/mol. The Kier molecular flexibility index (Phi) is 4.86. The zero-order valence-corrected chi connectivity index (χ0v) is 16.3. The van der Waals surface area contributed by atoms with Crippen molar-refractivity contribution in [2.75, 3.05) is 13.7 Å². The fraction of sp³-hybridized carbons (Fsp3) is 0.318. The lowest BCUT2D eigenvalue weighted by Gasteiger charge is -2.17. The number of carbonyl (C=O) groups is 1. The van der Waals surface area contributed by atoms with E-state index in [1.807, 2.05) is 55.1 Å². The zero-order valence-electron chi connectivity index (χ0n) is 16.3. The summed E-state index contributed by atoms with van der Waals surface area (Å²) >= 11 is 0. The van der Waals surface area contributed by atoms with Crippen LogP contribution in [0.4, 0.5) is 0 Å². The van der Waals surface area contributed by atoms with E-state index in [-0.39, 0.29) is 11.8 Å². The summed E-state index contributed by atoms with van der Waals surface area (Å²) in [4.78, 5) is 18.9. The molecule has 6 nitrogen and oxygen atoms in total. The van der Waals surface area contributed by atoms with E-state index in [1.165, 1.54) is 0 Å². The number of benzene rings is 2. The van der Waals surface area contributed by atoms with E-state index in [0.717, 1.165) is 28.0 Å². The minimum atomic E-state index is -0.0642. The molecule has 0 N–H and O–H groups in total. The molecule has 1 fully saturated rings. The molecule has 1 unspecified atom stereocenters. The summed E-state index contributed by atoms with van der Waals surface area (Å²) in [5.41, 5.74) is 4.19. The van der Waals surface area contributed by atoms with Crippen molar-refractivity contribution in [1.29, 1.82) is 0 Å². The van der Waals surface area contributed by atoms with Crippen LogP contribution in [-0.4, -0.2) is 34.6 Å². The standard InChI is InChI=1S/C22H23N3O3/c1-14-8-15(2)10-17(9-14)22-23-21(24-28-22)18-11-20(26)25(13-18)12-16-6-4-5-7-19(16)27-3/h4-10,18H,11-13H2,1-3H3. The van der Waals surface area contributed by atoms with Gasteiger partial charge in [-0.3, -0.25) is 4.79 Å². The molecule has 28 heavy (non-hydrogen) atoms. The van der Waals surface area contributed by atoms with Crippen molar-refractivity contribution >= 4 is 5.91 Å². The van der Waals surface area contributed by atoms with E-state index in [9.17, 15) is 4.79 Å². The number of likely N-dealkylation sites (tertiary alicyclic amines) is 1. The lowest BCUT2D eigenvalue weighted by molar-refractivity contribution is -0.128. The van der Waals surface area contributed by atoms with Gasteiger partial charge in [0.25, 0.3) is 5.89 Å². The number of ether oxygens (including phenoxy) is 1. The van der Waals surface area contributed by atoms with E-state index in [4.69, 9.17) is 9.26 Å². The van der Waals surface area contributed by atoms with E-state index in [1.54, 1.807) is 7.11 Å². The molecule has 1 aliphatic heterocycles. The van der Waals surface area contributed by atoms with Gasteiger partial charge < -0.3 is 14.2 Å². The summed E-state index contributed by atoms with van der Waals surface area (Å²) in [6.07, 6.45) is 0.390. The van der Waals surface area contributed by atoms with Crippen LogP contribution in [0.15, 0.2) is 47.0 Å². The SMILES string of the molecule is COc1ccccc1CN1CC(c2noc(-c3cc(C)cc(C)c3)n2)CC1=O. The lowest BCUT2D eigenvalue weighted by atomic mass is 10.1. The Morgan fingerprint density at radius 1 is 1.18 bits per heavy atom. The summed E-state index contributed by atoms with van der Waals surface area (Å²) in [6.45, 7) is 5.17. The molecule has 0 spiro atoms. The van der Waals surface area contributed by atoms with Crippen LogP contribution in [0.1, 0.15) is 34.9 Å². The molecule has 6 heteroatoms. The van der Waals surface area contributed by atoms with Gasteiger partial charge in [-0.2, -0.15) is 4.98 Å². The maximum Gasteiger partial charge on any atom is 0.257 e. The van der Waals surface area contributed by atoms with E-state index < -0.39 is 0 Å². The Hall–Kier alpha value is -3.15. The molecule has 0 radical (unpaired) electrons. The smallest absolute Gasteiger partial charge is 0.257 e. The molecule has 2 aromatic carbocycles. The second-order valence-electron chi connectivity index (χ2n) is 7.32. The molecule has 0 saturated carbocycles. The highest BCUT2D eigenvalue weighted by Gasteiger charge is 2.34. The molecule has 2 heterocycles. The number of hydrogen-bond acceptors (Lipinski definition) is 5. The first-order valence-corrected chi connectivity index (χ1v) is 9.35. The molecule has 1 aromatic heterocycles. The number of para-hydroxylation sites is 1. The van der Waals surface area contributed by atoms with Crippen LogP contribution >= 0.6 is 0 Å². The summed E-state index contributed by atoms with van der Waals surface area (Å²) < 4.78 is 10.9. The van der Waals surface area contributed by atoms with Gasteiger partial charge in [0.2, 0.25) is 5.91 Å². The summed E-state index contributed by atoms with van der Waals surface area (Å²) in [5.74, 6) is 1.90. The zero-order chi connectivity index (χ0) is 19.7. The second kappa shape index (κ2) is 7.46. The van der Waals surface area contributed by atoms with Gasteiger partial charge in [-0.05, 0) is 32.0 Å². The Morgan fingerprint density at radius 3 is 2.68 bits per heavy atom. The number of aryl methyl sites for hydroxylation is 2. The Bertz CT molecular complexity index is 992. The number of methoxy groups -OCH3 is 1. The first-order chi connectivity index (χ1) is 13.5. The normalized spacial score (nSPS) is 16.6. The number of amides is 1. The lowest BCUT2D eigenvalue weighted by Crippen LogP contribution is -2.24. The molecule has 4 rings (SSSR count). The van der Waals surface area contributed by atoms with Crippen molar-refractivity contribution in [3.05, 3.63) is 65.0 Å². The molecule has 1 atom stereocenters. The Balaban J connectivity index is 1.51. The number of hydrogen-bond donors (Lipinski definition) is 0. The number of nitrogens with zero attached hydrogens (tertiary/aromatic N) is 3. The Morgan fingerprint density at radius 2 is 1.93 bits per heavy atom. The summed E-state index contributed by atoms with van der Waals surface area (Å²) in [7, 11) is 1.64. The van der Waals surface area contributed by atoms with Gasteiger partial charge in [-0.15, -0.1) is 0 Å². The molecule has 1 amide bonds. The van der Waals surface area contributed by atoms with Crippen LogP contribution in [-0.2, 0) is 11.3 Å². The van der Waals surface area contributed by atoms with Gasteiger partial charge in [0.05, 0.1) is 7.11 Å². The number of rotatable bonds is 5. The minimum Gasteiger partial charge on any atom is -0.496 e. The van der Waals surface area contributed by atoms with E-state index in [2.05, 4.69) is 16.2 Å². The molecule has 1 aliphatic rings. The molecular formula is C22H23N3O3. The van der Waals surface area contributed by atoms with Crippen molar-refractivity contribution in [3.8, 4) is 17.2 Å². The molecule has 0 bridgehead atoms. The van der Waals surface area contributed by atoms with Crippen LogP contribution in [0.5, 0.6) is 5.75 Å². The highest BCUT2D eigenvalue weighted by Crippen LogP contribution is 2.31. The van der Waals surface area contributed by atoms with Crippen LogP contribution in [0, 0.1) is 13.8 Å². The van der Waals surface area contributed by atoms with E-state index in [0.29, 0.717) is 31.2 Å². The van der Waals surface area contributed by atoms with Crippen LogP contribution in [0.25, 0.3) is 11.5 Å². The van der Waals surface area contributed by atoms with Crippen molar-refractivity contribution in [1.82, 2.24) is 15.0 Å². The van der Waals surface area contributed by atoms with Crippen molar-refractivity contribution < 1.29 is 14.1 Å². The van der Waals surface area contributed by atoms with E-state index >= 15 is 0 Å². The highest BCUT2D eigenvalue weighted by atomic mass is 16.5. The largest absolute Gasteiger partial charge is 0.496 e. The quantitative estimate of drug-likeness (QED) is 0.675. The van der Waals surface area contributed by atoms with Crippen molar-refractivity contribution in [3.63, 3.8) is 0 Å². The third-order valence-electron chi connectivity index (χ3n) is 5.04. The molecule has 3 aromatic rings. The number of carbonyl (C=O) groups excluding carboxylic acids is 1. The summed E-state index contributed by atoms with van der Waals surface area (Å²) in [5, 5.41) is 4.15. The maximum atomic E-state index is 12.5. The Labute approximate surface area is 164 Å². The number of aromatic nitrogens is 2. The average molecular weight is 377 g/mol. The first-order valence-electron chi connectivity index (χ1n) is 9.35. The fourth-order valence-electron chi connectivity index (χ4n) is 3.75. The van der Waals surface area contributed by atoms with Gasteiger partial charge in [0, 0.05) is 36.6 Å². The predicted molar refractivity (Wildman–Crippen MR) is 105 cm³/mol. The molecule has 1 saturated heterocycles. The average Bonchev–Trinajstić information content (AvgIpc) is 3.29. The van der Waals surface area contributed by atoms with Gasteiger partial charge in [0.1, 0.15) is 5.75 Å². The van der Waals surface area contributed by atoms with Gasteiger partial charge >= 0.3 is 0 Å². The molecule has 144 valence electrons. The van der Waals surface area contributed by atoms with Crippen LogP contribution < -0.4 is 4.74 Å². The monoisotopic (exact) mass is 377 g/mol. The van der Waals surface area contributed by atoms with Gasteiger partial charge in [0.15, 0.2) is 5.82 Å². The maximum absolute atomic E-state index is 12.5. The summed E-state index contributed by atoms with van der Waals surface area (Å²) in [6, 6.07) is 13.9. The minimum absolute atomic E-state index is 0.0642. The third-order valence-corrected chi connectivity index (χ3v) is 5.04. The second-order valence-corrected chi connectivity index (χ2v) is 7.32. The van der Waals surface area contributed by atoms with Crippen molar-refractivity contribution in [2.24, 2.45) is 0 Å².